The Labute approximate surface area is 79.0 Å². The van der Waals surface area contributed by atoms with Gasteiger partial charge in [-0.05, 0) is 13.0 Å². The molecule has 0 atom stereocenters. The fourth-order valence-electron chi connectivity index (χ4n) is 1.20. The van der Waals surface area contributed by atoms with Crippen LogP contribution in [0, 0.1) is 6.92 Å². The van der Waals surface area contributed by atoms with E-state index < -0.39 is 18.3 Å². The Hall–Kier alpha value is -1.46. The third kappa shape index (κ3) is 2.07. The number of hydrogen-bond donors (Lipinski definition) is 1. The summed E-state index contributed by atoms with van der Waals surface area (Å²) < 4.78 is 37.0. The molecule has 0 unspecified atom stereocenters. The largest absolute Gasteiger partial charge is 0.509 e. The molecule has 0 bridgehead atoms. The van der Waals surface area contributed by atoms with Crippen molar-refractivity contribution in [2.75, 3.05) is 0 Å². The average Bonchev–Trinajstić information content (AvgIpc) is 2.01. The van der Waals surface area contributed by atoms with Crippen molar-refractivity contribution in [3.63, 3.8) is 0 Å². The summed E-state index contributed by atoms with van der Waals surface area (Å²) in [7, 11) is 0. The molecule has 6 heteroatoms. The number of nitrogens with two attached hydrogens (primary N) is 1. The maximum atomic E-state index is 12.3. The minimum absolute atomic E-state index is 0.0220. The highest BCUT2D eigenvalue weighted by Gasteiger charge is 2.27. The second-order valence-electron chi connectivity index (χ2n) is 3.01. The molecule has 0 aliphatic carbocycles. The first kappa shape index (κ1) is 10.6. The van der Waals surface area contributed by atoms with E-state index in [2.05, 4.69) is 0 Å². The van der Waals surface area contributed by atoms with Crippen molar-refractivity contribution < 1.29 is 17.7 Å². The number of rotatable bonds is 2. The summed E-state index contributed by atoms with van der Waals surface area (Å²) in [6.45, 7) is -3.72. The van der Waals surface area contributed by atoms with Gasteiger partial charge in [-0.3, -0.25) is 4.79 Å². The van der Waals surface area contributed by atoms with E-state index in [0.29, 0.717) is 0 Å². The Bertz CT molecular complexity index is 375. The van der Waals surface area contributed by atoms with Gasteiger partial charge in [-0.15, -0.1) is 5.46 Å². The van der Waals surface area contributed by atoms with Crippen molar-refractivity contribution >= 4 is 18.3 Å². The lowest BCUT2D eigenvalue weighted by Gasteiger charge is -2.17. The van der Waals surface area contributed by atoms with Crippen LogP contribution < -0.4 is 11.2 Å². The predicted molar refractivity (Wildman–Crippen MR) is 48.4 cm³/mol. The molecule has 0 radical (unpaired) electrons. The highest BCUT2D eigenvalue weighted by molar-refractivity contribution is 6.74. The molecule has 0 spiro atoms. The summed E-state index contributed by atoms with van der Waals surface area (Å²) in [4.78, 5) is 10.7. The highest BCUT2D eigenvalue weighted by Crippen LogP contribution is 2.12. The van der Waals surface area contributed by atoms with Crippen LogP contribution in [0.1, 0.15) is 15.9 Å². The average molecular weight is 202 g/mol. The van der Waals surface area contributed by atoms with Crippen molar-refractivity contribution in [3.8, 4) is 0 Å². The SMILES string of the molecule is Cc1cc(C(N)=O)ccc1[B-](F)(F)F. The second-order valence-corrected chi connectivity index (χ2v) is 3.01. The van der Waals surface area contributed by atoms with Crippen LogP contribution in [0.3, 0.4) is 0 Å². The highest BCUT2D eigenvalue weighted by atomic mass is 19.4. The zero-order chi connectivity index (χ0) is 10.9. The van der Waals surface area contributed by atoms with E-state index in [1.807, 2.05) is 0 Å². The van der Waals surface area contributed by atoms with Crippen LogP contribution in [0.4, 0.5) is 12.9 Å². The van der Waals surface area contributed by atoms with Gasteiger partial charge in [-0.2, -0.15) is 0 Å². The molecule has 1 rings (SSSR count). The van der Waals surface area contributed by atoms with Crippen LogP contribution >= 0.6 is 0 Å². The van der Waals surface area contributed by atoms with Gasteiger partial charge in [0.15, 0.2) is 0 Å². The van der Waals surface area contributed by atoms with Crippen molar-refractivity contribution in [1.82, 2.24) is 0 Å². The Morgan fingerprint density at radius 3 is 2.29 bits per heavy atom. The monoisotopic (exact) mass is 202 g/mol. The molecule has 0 aromatic heterocycles. The molecule has 2 nitrogen and oxygen atoms in total. The number of benzene rings is 1. The molecular weight excluding hydrogens is 194 g/mol. The molecule has 0 saturated heterocycles. The first-order valence-corrected chi connectivity index (χ1v) is 3.92. The van der Waals surface area contributed by atoms with E-state index >= 15 is 0 Å². The summed E-state index contributed by atoms with van der Waals surface area (Å²) in [6.07, 6.45) is 0. The van der Waals surface area contributed by atoms with Crippen LogP contribution in [0.25, 0.3) is 0 Å². The normalized spacial score (nSPS) is 11.4. The Kier molecular flexibility index (Phi) is 2.55. The molecule has 0 aliphatic rings. The summed E-state index contributed by atoms with van der Waals surface area (Å²) in [5.74, 6) is -0.727. The number of aryl methyl sites for hydroxylation is 1. The van der Waals surface area contributed by atoms with Crippen molar-refractivity contribution in [2.24, 2.45) is 5.73 Å². The van der Waals surface area contributed by atoms with Gasteiger partial charge in [0.05, 0.1) is 0 Å². The van der Waals surface area contributed by atoms with Crippen molar-refractivity contribution in [3.05, 3.63) is 29.3 Å². The summed E-state index contributed by atoms with van der Waals surface area (Å²) >= 11 is 0. The third-order valence-electron chi connectivity index (χ3n) is 1.91. The number of carbonyl (C=O) groups excluding carboxylic acids is 1. The van der Waals surface area contributed by atoms with E-state index in [0.717, 1.165) is 18.2 Å². The Balaban J connectivity index is 3.21. The number of halogens is 3. The van der Waals surface area contributed by atoms with E-state index in [1.165, 1.54) is 6.92 Å². The van der Waals surface area contributed by atoms with Gasteiger partial charge >= 0.3 is 6.98 Å². The molecule has 0 saturated carbocycles. The standard InChI is InChI=1S/C8H8BF3NO/c1-5-4-6(8(13)14)2-3-7(5)9(10,11)12/h2-4H,1H3,(H2,13,14)/q-1. The molecule has 14 heavy (non-hydrogen) atoms. The van der Waals surface area contributed by atoms with Gasteiger partial charge in [0.25, 0.3) is 0 Å². The van der Waals surface area contributed by atoms with E-state index in [-0.39, 0.29) is 11.1 Å². The van der Waals surface area contributed by atoms with Crippen LogP contribution in [0.2, 0.25) is 0 Å². The van der Waals surface area contributed by atoms with E-state index in [1.54, 1.807) is 0 Å². The lowest BCUT2D eigenvalue weighted by atomic mass is 9.77. The molecule has 1 amide bonds. The van der Waals surface area contributed by atoms with Crippen LogP contribution in [-0.4, -0.2) is 12.9 Å². The van der Waals surface area contributed by atoms with Gasteiger partial charge in [0.2, 0.25) is 5.91 Å². The Morgan fingerprint density at radius 2 is 1.93 bits per heavy atom. The molecule has 1 aromatic carbocycles. The fourth-order valence-corrected chi connectivity index (χ4v) is 1.20. The summed E-state index contributed by atoms with van der Waals surface area (Å²) in [5.41, 5.74) is 4.35. The van der Waals surface area contributed by atoms with Gasteiger partial charge in [0.1, 0.15) is 0 Å². The number of primary amides is 1. The summed E-state index contributed by atoms with van der Waals surface area (Å²) in [6, 6.07) is 3.11. The molecular formula is C8H8BF3NO-. The van der Waals surface area contributed by atoms with Gasteiger partial charge < -0.3 is 18.7 Å². The quantitative estimate of drug-likeness (QED) is 0.718. The molecule has 0 aliphatic heterocycles. The zero-order valence-corrected chi connectivity index (χ0v) is 7.43. The van der Waals surface area contributed by atoms with Crippen LogP contribution in [-0.2, 0) is 0 Å². The molecule has 0 fully saturated rings. The van der Waals surface area contributed by atoms with Crippen LogP contribution in [0.5, 0.6) is 0 Å². The zero-order valence-electron chi connectivity index (χ0n) is 7.43. The van der Waals surface area contributed by atoms with Crippen molar-refractivity contribution in [1.29, 1.82) is 0 Å². The van der Waals surface area contributed by atoms with E-state index in [4.69, 9.17) is 5.73 Å². The lowest BCUT2D eigenvalue weighted by molar-refractivity contribution is 0.1000. The van der Waals surface area contributed by atoms with Crippen LogP contribution in [0.15, 0.2) is 18.2 Å². The number of carbonyl (C=O) groups is 1. The fraction of sp³-hybridized carbons (Fsp3) is 0.125. The Morgan fingerprint density at radius 1 is 1.36 bits per heavy atom. The van der Waals surface area contributed by atoms with Gasteiger partial charge in [-0.25, -0.2) is 0 Å². The van der Waals surface area contributed by atoms with E-state index in [9.17, 15) is 17.7 Å². The molecule has 76 valence electrons. The molecule has 1 aromatic rings. The van der Waals surface area contributed by atoms with Gasteiger partial charge in [-0.1, -0.05) is 17.7 Å². The predicted octanol–water partition coefficient (Wildman–Crippen LogP) is 1.15. The topological polar surface area (TPSA) is 43.1 Å². The smallest absolute Gasteiger partial charge is 0.445 e. The summed E-state index contributed by atoms with van der Waals surface area (Å²) in [5, 5.41) is 0. The first-order valence-electron chi connectivity index (χ1n) is 3.92. The maximum absolute atomic E-state index is 12.3. The number of amides is 1. The minimum atomic E-state index is -5.02. The maximum Gasteiger partial charge on any atom is 0.509 e. The third-order valence-corrected chi connectivity index (χ3v) is 1.91. The minimum Gasteiger partial charge on any atom is -0.445 e. The van der Waals surface area contributed by atoms with Gasteiger partial charge in [0, 0.05) is 5.56 Å². The van der Waals surface area contributed by atoms with Crippen molar-refractivity contribution in [2.45, 2.75) is 6.92 Å². The lowest BCUT2D eigenvalue weighted by Crippen LogP contribution is -2.36. The molecule has 0 heterocycles. The first-order chi connectivity index (χ1) is 6.32. The second kappa shape index (κ2) is 3.36. The molecule has 2 N–H and O–H groups in total. The number of hydrogen-bond acceptors (Lipinski definition) is 1.